The van der Waals surface area contributed by atoms with Gasteiger partial charge in [-0.25, -0.2) is 13.2 Å². The predicted molar refractivity (Wildman–Crippen MR) is 138 cm³/mol. The Morgan fingerprint density at radius 3 is 2.49 bits per heavy atom. The van der Waals surface area contributed by atoms with E-state index in [9.17, 15) is 18.3 Å². The van der Waals surface area contributed by atoms with Gasteiger partial charge in [-0.2, -0.15) is 0 Å². The molecule has 3 aromatic rings. The van der Waals surface area contributed by atoms with Crippen molar-refractivity contribution in [1.82, 2.24) is 0 Å². The van der Waals surface area contributed by atoms with Gasteiger partial charge in [-0.1, -0.05) is 56.3 Å². The maximum atomic E-state index is 13.2. The molecular formula is C28H28N2O4S. The van der Waals surface area contributed by atoms with Gasteiger partial charge in [-0.05, 0) is 71.3 Å². The molecule has 2 aliphatic rings. The number of fused-ring (bicyclic) bond motifs is 3. The normalized spacial score (nSPS) is 20.7. The van der Waals surface area contributed by atoms with E-state index in [1.165, 1.54) is 0 Å². The zero-order valence-corrected chi connectivity index (χ0v) is 20.4. The molecule has 5 rings (SSSR count). The zero-order valence-electron chi connectivity index (χ0n) is 19.6. The highest BCUT2D eigenvalue weighted by atomic mass is 32.2. The molecule has 180 valence electrons. The zero-order chi connectivity index (χ0) is 24.7. The second-order valence-electron chi connectivity index (χ2n) is 9.50. The summed E-state index contributed by atoms with van der Waals surface area (Å²) in [4.78, 5) is 12.0. The molecule has 3 N–H and O–H groups in total. The standard InChI is InChI=1S/C28H28N2O4S/c1-17(2)18-10-12-19(13-11-18)30-35(33,34)20-14-15-26-25(16-20)21-8-5-9-22(21)27(29-26)23-6-3-4-7-24(23)28(31)32/h3-8,10-17,21-22,27,29-30H,9H2,1-2H3,(H,31,32)/t21-,22+,27-/m0/s1. The van der Waals surface area contributed by atoms with Crippen LogP contribution < -0.4 is 10.0 Å². The van der Waals surface area contributed by atoms with Crippen molar-refractivity contribution in [3.05, 3.63) is 101 Å². The molecule has 7 heteroatoms. The highest BCUT2D eigenvalue weighted by molar-refractivity contribution is 7.92. The van der Waals surface area contributed by atoms with Crippen molar-refractivity contribution in [3.63, 3.8) is 0 Å². The van der Waals surface area contributed by atoms with Crippen LogP contribution in [-0.2, 0) is 10.0 Å². The molecule has 0 radical (unpaired) electrons. The van der Waals surface area contributed by atoms with E-state index in [1.807, 2.05) is 24.3 Å². The average molecular weight is 489 g/mol. The van der Waals surface area contributed by atoms with Crippen LogP contribution in [0.25, 0.3) is 0 Å². The lowest BCUT2D eigenvalue weighted by atomic mass is 9.76. The molecule has 0 unspecified atom stereocenters. The first-order valence-electron chi connectivity index (χ1n) is 11.8. The Bertz CT molecular complexity index is 1410. The number of anilines is 2. The predicted octanol–water partition coefficient (Wildman–Crippen LogP) is 6.14. The summed E-state index contributed by atoms with van der Waals surface area (Å²) in [6.45, 7) is 4.19. The van der Waals surface area contributed by atoms with Crippen LogP contribution in [0, 0.1) is 5.92 Å². The summed E-state index contributed by atoms with van der Waals surface area (Å²) < 4.78 is 29.1. The van der Waals surface area contributed by atoms with E-state index in [4.69, 9.17) is 0 Å². The molecule has 0 aromatic heterocycles. The Kier molecular flexibility index (Phi) is 5.89. The van der Waals surface area contributed by atoms with Gasteiger partial charge in [0.2, 0.25) is 0 Å². The molecule has 0 saturated heterocycles. The van der Waals surface area contributed by atoms with Crippen LogP contribution in [0.2, 0.25) is 0 Å². The highest BCUT2D eigenvalue weighted by Gasteiger charge is 2.39. The number of sulfonamides is 1. The molecule has 0 saturated carbocycles. The highest BCUT2D eigenvalue weighted by Crippen LogP contribution is 2.50. The number of carboxylic acids is 1. The van der Waals surface area contributed by atoms with Gasteiger partial charge in [0.1, 0.15) is 0 Å². The molecule has 0 fully saturated rings. The van der Waals surface area contributed by atoms with Gasteiger partial charge in [0, 0.05) is 17.3 Å². The minimum atomic E-state index is -3.77. The Morgan fingerprint density at radius 2 is 1.77 bits per heavy atom. The maximum absolute atomic E-state index is 13.2. The number of aromatic carboxylic acids is 1. The van der Waals surface area contributed by atoms with Gasteiger partial charge in [0.05, 0.1) is 16.5 Å². The fourth-order valence-corrected chi connectivity index (χ4v) is 6.25. The minimum absolute atomic E-state index is 0.00132. The van der Waals surface area contributed by atoms with Gasteiger partial charge < -0.3 is 10.4 Å². The number of benzene rings is 3. The molecule has 0 bridgehead atoms. The molecule has 6 nitrogen and oxygen atoms in total. The molecular weight excluding hydrogens is 460 g/mol. The Labute approximate surface area is 205 Å². The fourth-order valence-electron chi connectivity index (χ4n) is 5.16. The number of hydrogen-bond acceptors (Lipinski definition) is 4. The minimum Gasteiger partial charge on any atom is -0.478 e. The number of carboxylic acid groups (broad SMARTS) is 1. The molecule has 0 spiro atoms. The van der Waals surface area contributed by atoms with Crippen LogP contribution in [-0.4, -0.2) is 19.5 Å². The van der Waals surface area contributed by atoms with Crippen LogP contribution in [0.4, 0.5) is 11.4 Å². The SMILES string of the molecule is CC(C)c1ccc(NS(=O)(=O)c2ccc3c(c2)[C@H]2C=CC[C@H]2[C@@H](c2ccccc2C(=O)O)N3)cc1. The van der Waals surface area contributed by atoms with E-state index >= 15 is 0 Å². The lowest BCUT2D eigenvalue weighted by Gasteiger charge is -2.38. The number of hydrogen-bond donors (Lipinski definition) is 3. The Hall–Kier alpha value is -3.58. The summed E-state index contributed by atoms with van der Waals surface area (Å²) >= 11 is 0. The molecule has 1 aliphatic carbocycles. The summed E-state index contributed by atoms with van der Waals surface area (Å²) in [6, 6.07) is 19.4. The largest absolute Gasteiger partial charge is 0.478 e. The van der Waals surface area contributed by atoms with E-state index in [0.29, 0.717) is 11.6 Å². The number of carbonyl (C=O) groups is 1. The molecule has 0 amide bonds. The van der Waals surface area contributed by atoms with Crippen LogP contribution in [0.3, 0.4) is 0 Å². The first-order chi connectivity index (χ1) is 16.7. The van der Waals surface area contributed by atoms with E-state index in [2.05, 4.69) is 36.0 Å². The third kappa shape index (κ3) is 4.32. The maximum Gasteiger partial charge on any atom is 0.336 e. The summed E-state index contributed by atoms with van der Waals surface area (Å²) in [5, 5.41) is 13.2. The van der Waals surface area contributed by atoms with Crippen LogP contribution >= 0.6 is 0 Å². The molecule has 1 heterocycles. The van der Waals surface area contributed by atoms with Crippen molar-refractivity contribution in [2.24, 2.45) is 5.92 Å². The van der Waals surface area contributed by atoms with Gasteiger partial charge in [0.15, 0.2) is 0 Å². The summed E-state index contributed by atoms with van der Waals surface area (Å²) in [5.74, 6) is -0.492. The summed E-state index contributed by atoms with van der Waals surface area (Å²) in [6.07, 6.45) is 4.99. The molecule has 35 heavy (non-hydrogen) atoms. The first kappa shape index (κ1) is 23.2. The lowest BCUT2D eigenvalue weighted by Crippen LogP contribution is -2.30. The third-order valence-corrected chi connectivity index (χ3v) is 8.38. The van der Waals surface area contributed by atoms with E-state index in [-0.39, 0.29) is 28.3 Å². The van der Waals surface area contributed by atoms with Gasteiger partial charge in [-0.3, -0.25) is 4.72 Å². The molecule has 3 aromatic carbocycles. The van der Waals surface area contributed by atoms with E-state index < -0.39 is 16.0 Å². The van der Waals surface area contributed by atoms with Crippen molar-refractivity contribution in [2.45, 2.75) is 43.0 Å². The lowest BCUT2D eigenvalue weighted by molar-refractivity contribution is 0.0694. The quantitative estimate of drug-likeness (QED) is 0.363. The Balaban J connectivity index is 1.47. The number of rotatable bonds is 6. The third-order valence-electron chi connectivity index (χ3n) is 7.00. The summed E-state index contributed by atoms with van der Waals surface area (Å²) in [7, 11) is -3.77. The summed E-state index contributed by atoms with van der Waals surface area (Å²) in [5.41, 5.74) is 4.42. The smallest absolute Gasteiger partial charge is 0.336 e. The molecule has 1 aliphatic heterocycles. The Morgan fingerprint density at radius 1 is 1.03 bits per heavy atom. The van der Waals surface area contributed by atoms with Crippen LogP contribution in [0.5, 0.6) is 0 Å². The first-order valence-corrected chi connectivity index (χ1v) is 13.2. The van der Waals surface area contributed by atoms with Gasteiger partial charge in [0.25, 0.3) is 10.0 Å². The number of nitrogens with one attached hydrogen (secondary N) is 2. The van der Waals surface area contributed by atoms with Crippen molar-refractivity contribution in [2.75, 3.05) is 10.0 Å². The van der Waals surface area contributed by atoms with Crippen molar-refractivity contribution < 1.29 is 18.3 Å². The van der Waals surface area contributed by atoms with Crippen molar-refractivity contribution in [3.8, 4) is 0 Å². The van der Waals surface area contributed by atoms with E-state index in [1.54, 1.807) is 42.5 Å². The molecule has 3 atom stereocenters. The van der Waals surface area contributed by atoms with Crippen molar-refractivity contribution >= 4 is 27.4 Å². The monoisotopic (exact) mass is 488 g/mol. The topological polar surface area (TPSA) is 95.5 Å². The van der Waals surface area contributed by atoms with Crippen molar-refractivity contribution in [1.29, 1.82) is 0 Å². The fraction of sp³-hybridized carbons (Fsp3) is 0.250. The van der Waals surface area contributed by atoms with Gasteiger partial charge in [-0.15, -0.1) is 0 Å². The second-order valence-corrected chi connectivity index (χ2v) is 11.2. The van der Waals surface area contributed by atoms with Crippen LogP contribution in [0.1, 0.15) is 65.2 Å². The average Bonchev–Trinajstić information content (AvgIpc) is 3.34. The van der Waals surface area contributed by atoms with Gasteiger partial charge >= 0.3 is 5.97 Å². The van der Waals surface area contributed by atoms with Crippen LogP contribution in [0.15, 0.2) is 83.8 Å². The van der Waals surface area contributed by atoms with E-state index in [0.717, 1.165) is 28.8 Å². The second kappa shape index (κ2) is 8.89. The number of allylic oxidation sites excluding steroid dienone is 2.